The number of hydrogen-bond donors (Lipinski definition) is 1. The molecule has 0 amide bonds. The highest BCUT2D eigenvalue weighted by molar-refractivity contribution is 5.33. The van der Waals surface area contributed by atoms with Crippen LogP contribution in [0.1, 0.15) is 44.4 Å². The topological polar surface area (TPSA) is 26.0 Å². The molecule has 0 bridgehead atoms. The van der Waals surface area contributed by atoms with E-state index >= 15 is 0 Å². The van der Waals surface area contributed by atoms with Gasteiger partial charge in [0.05, 0.1) is 0 Å². The van der Waals surface area contributed by atoms with Crippen molar-refractivity contribution in [1.29, 1.82) is 0 Å². The summed E-state index contributed by atoms with van der Waals surface area (Å²) in [7, 11) is 0. The molecule has 0 heterocycles. The lowest BCUT2D eigenvalue weighted by Crippen LogP contribution is -2.35. The monoisotopic (exact) mass is 285 g/mol. The van der Waals surface area contributed by atoms with Crippen LogP contribution in [-0.2, 0) is 17.4 Å². The predicted octanol–water partition coefficient (Wildman–Crippen LogP) is 4.54. The lowest BCUT2D eigenvalue weighted by Gasteiger charge is -2.27. The summed E-state index contributed by atoms with van der Waals surface area (Å²) in [6.45, 7) is 8.61. The van der Waals surface area contributed by atoms with Crippen LogP contribution in [0.2, 0.25) is 0 Å². The van der Waals surface area contributed by atoms with Gasteiger partial charge in [0.25, 0.3) is 0 Å². The van der Waals surface area contributed by atoms with Crippen molar-refractivity contribution >= 4 is 0 Å². The second-order valence-corrected chi connectivity index (χ2v) is 7.05. The number of nitrogens with two attached hydrogens (primary N) is 1. The molecule has 0 aromatic heterocycles. The molecule has 2 aromatic rings. The molecule has 0 aliphatic heterocycles. The largest absolute Gasteiger partial charge is 0.321 e. The summed E-state index contributed by atoms with van der Waals surface area (Å²) in [6.07, 6.45) is 0.683. The quantitative estimate of drug-likeness (QED) is 0.880. The minimum atomic E-state index is -0.464. The van der Waals surface area contributed by atoms with Crippen molar-refractivity contribution in [1.82, 2.24) is 0 Å². The highest BCUT2D eigenvalue weighted by Crippen LogP contribution is 2.27. The molecule has 2 N–H and O–H groups in total. The molecule has 2 aromatic carbocycles. The van der Waals surface area contributed by atoms with E-state index in [4.69, 9.17) is 5.73 Å². The van der Waals surface area contributed by atoms with Crippen molar-refractivity contribution in [3.8, 4) is 0 Å². The van der Waals surface area contributed by atoms with Gasteiger partial charge < -0.3 is 5.73 Å². The molecule has 2 rings (SSSR count). The molecule has 2 heteroatoms. The Bertz CT molecular complexity index is 589. The molecule has 0 fully saturated rings. The van der Waals surface area contributed by atoms with Crippen molar-refractivity contribution < 1.29 is 4.39 Å². The highest BCUT2D eigenvalue weighted by Gasteiger charge is 2.22. The van der Waals surface area contributed by atoms with Gasteiger partial charge in [-0.25, -0.2) is 4.39 Å². The molecule has 0 aliphatic rings. The zero-order valence-electron chi connectivity index (χ0n) is 13.3. The van der Waals surface area contributed by atoms with Crippen LogP contribution in [0.15, 0.2) is 48.5 Å². The van der Waals surface area contributed by atoms with Gasteiger partial charge in [-0.15, -0.1) is 0 Å². The van der Waals surface area contributed by atoms with Crippen LogP contribution in [0.3, 0.4) is 0 Å². The molecule has 0 saturated carbocycles. The predicted molar refractivity (Wildman–Crippen MR) is 86.8 cm³/mol. The Morgan fingerprint density at radius 3 is 1.76 bits per heavy atom. The van der Waals surface area contributed by atoms with Crippen LogP contribution < -0.4 is 5.73 Å². The summed E-state index contributed by atoms with van der Waals surface area (Å²) in [5, 5.41) is 0. The van der Waals surface area contributed by atoms with Crippen LogP contribution in [-0.4, -0.2) is 0 Å². The zero-order valence-corrected chi connectivity index (χ0v) is 13.3. The van der Waals surface area contributed by atoms with E-state index in [1.807, 2.05) is 6.92 Å². The van der Waals surface area contributed by atoms with Crippen molar-refractivity contribution in [2.75, 3.05) is 0 Å². The lowest BCUT2D eigenvalue weighted by molar-refractivity contribution is 0.489. The van der Waals surface area contributed by atoms with E-state index in [1.165, 1.54) is 17.7 Å². The fourth-order valence-corrected chi connectivity index (χ4v) is 2.48. The normalized spacial score (nSPS) is 14.8. The van der Waals surface area contributed by atoms with Gasteiger partial charge in [0, 0.05) is 5.54 Å². The number of benzene rings is 2. The second-order valence-electron chi connectivity index (χ2n) is 7.05. The summed E-state index contributed by atoms with van der Waals surface area (Å²) < 4.78 is 13.0. The molecule has 0 saturated heterocycles. The van der Waals surface area contributed by atoms with Gasteiger partial charge in [0.2, 0.25) is 0 Å². The standard InChI is InChI=1S/C19H24FN/c1-18(2,3)15-7-9-16(10-8-15)19(4,21)13-14-5-11-17(20)12-6-14/h5-12H,13,21H2,1-4H3. The van der Waals surface area contributed by atoms with E-state index in [2.05, 4.69) is 45.0 Å². The van der Waals surface area contributed by atoms with Crippen LogP contribution in [0.25, 0.3) is 0 Å². The van der Waals surface area contributed by atoms with Gasteiger partial charge in [-0.1, -0.05) is 57.2 Å². The summed E-state index contributed by atoms with van der Waals surface area (Å²) in [5.41, 5.74) is 9.58. The lowest BCUT2D eigenvalue weighted by atomic mass is 9.82. The number of hydrogen-bond acceptors (Lipinski definition) is 1. The van der Waals surface area contributed by atoms with Crippen LogP contribution in [0.5, 0.6) is 0 Å². The maximum absolute atomic E-state index is 13.0. The summed E-state index contributed by atoms with van der Waals surface area (Å²) in [5.74, 6) is -0.216. The third kappa shape index (κ3) is 3.92. The maximum atomic E-state index is 13.0. The molecule has 1 atom stereocenters. The first-order chi connectivity index (χ1) is 9.68. The van der Waals surface area contributed by atoms with E-state index < -0.39 is 5.54 Å². The Morgan fingerprint density at radius 2 is 1.29 bits per heavy atom. The molecule has 1 unspecified atom stereocenters. The van der Waals surface area contributed by atoms with Gasteiger partial charge >= 0.3 is 0 Å². The smallest absolute Gasteiger partial charge is 0.123 e. The molecular formula is C19H24FN. The molecule has 0 aliphatic carbocycles. The van der Waals surface area contributed by atoms with Crippen molar-refractivity contribution in [2.45, 2.75) is 45.1 Å². The fourth-order valence-electron chi connectivity index (χ4n) is 2.48. The SMILES string of the molecule is CC(C)(C)c1ccc(C(C)(N)Cc2ccc(F)cc2)cc1. The zero-order chi connectivity index (χ0) is 15.7. The van der Waals surface area contributed by atoms with Gasteiger partial charge in [-0.2, -0.15) is 0 Å². The van der Waals surface area contributed by atoms with Crippen LogP contribution in [0.4, 0.5) is 4.39 Å². The Kier molecular flexibility index (Phi) is 4.20. The van der Waals surface area contributed by atoms with Crippen molar-refractivity contribution in [2.24, 2.45) is 5.73 Å². The van der Waals surface area contributed by atoms with Gasteiger partial charge in [0.15, 0.2) is 0 Å². The molecule has 112 valence electrons. The summed E-state index contributed by atoms with van der Waals surface area (Å²) in [4.78, 5) is 0. The van der Waals surface area contributed by atoms with Gasteiger partial charge in [0.1, 0.15) is 5.82 Å². The third-order valence-corrected chi connectivity index (χ3v) is 3.90. The second kappa shape index (κ2) is 5.61. The number of halogens is 1. The Balaban J connectivity index is 2.21. The van der Waals surface area contributed by atoms with E-state index in [-0.39, 0.29) is 11.2 Å². The maximum Gasteiger partial charge on any atom is 0.123 e. The van der Waals surface area contributed by atoms with Crippen molar-refractivity contribution in [3.05, 3.63) is 71.0 Å². The Hall–Kier alpha value is -1.67. The van der Waals surface area contributed by atoms with Gasteiger partial charge in [-0.05, 0) is 47.6 Å². The first-order valence-corrected chi connectivity index (χ1v) is 7.33. The third-order valence-electron chi connectivity index (χ3n) is 3.90. The molecule has 21 heavy (non-hydrogen) atoms. The Labute approximate surface area is 127 Å². The summed E-state index contributed by atoms with van der Waals surface area (Å²) in [6, 6.07) is 15.0. The van der Waals surface area contributed by atoms with E-state index in [0.29, 0.717) is 6.42 Å². The molecule has 1 nitrogen and oxygen atoms in total. The van der Waals surface area contributed by atoms with E-state index in [0.717, 1.165) is 11.1 Å². The van der Waals surface area contributed by atoms with Crippen LogP contribution in [0, 0.1) is 5.82 Å². The minimum Gasteiger partial charge on any atom is -0.321 e. The molecular weight excluding hydrogens is 261 g/mol. The van der Waals surface area contributed by atoms with Crippen molar-refractivity contribution in [3.63, 3.8) is 0 Å². The first-order valence-electron chi connectivity index (χ1n) is 7.33. The van der Waals surface area contributed by atoms with E-state index in [9.17, 15) is 4.39 Å². The molecule has 0 radical (unpaired) electrons. The van der Waals surface area contributed by atoms with Gasteiger partial charge in [-0.3, -0.25) is 0 Å². The van der Waals surface area contributed by atoms with Crippen LogP contribution >= 0.6 is 0 Å². The fraction of sp³-hybridized carbons (Fsp3) is 0.368. The number of rotatable bonds is 3. The first kappa shape index (κ1) is 15.7. The highest BCUT2D eigenvalue weighted by atomic mass is 19.1. The average Bonchev–Trinajstić information content (AvgIpc) is 2.40. The Morgan fingerprint density at radius 1 is 0.810 bits per heavy atom. The minimum absolute atomic E-state index is 0.139. The molecule has 0 spiro atoms. The summed E-state index contributed by atoms with van der Waals surface area (Å²) >= 11 is 0. The van der Waals surface area contributed by atoms with E-state index in [1.54, 1.807) is 12.1 Å². The average molecular weight is 285 g/mol.